The molecule has 21 atom stereocenters. The van der Waals surface area contributed by atoms with Crippen LogP contribution in [0.3, 0.4) is 0 Å². The summed E-state index contributed by atoms with van der Waals surface area (Å²) in [4.78, 5) is 26.8. The molecule has 2 aromatic rings. The minimum Gasteiger partial charge on any atom is -0.400 e. The van der Waals surface area contributed by atoms with Crippen molar-refractivity contribution in [2.45, 2.75) is 159 Å². The summed E-state index contributed by atoms with van der Waals surface area (Å²) in [6.07, 6.45) is -0.139. The maximum Gasteiger partial charge on any atom is 0.240 e. The Bertz CT molecular complexity index is 2100. The lowest BCUT2D eigenvalue weighted by Crippen LogP contribution is -2.65. The van der Waals surface area contributed by atoms with E-state index in [1.54, 1.807) is 26.4 Å². The zero-order valence-electron chi connectivity index (χ0n) is 45.8. The summed E-state index contributed by atoms with van der Waals surface area (Å²) in [5.74, 6) is -0.106. The van der Waals surface area contributed by atoms with Gasteiger partial charge in [0.15, 0.2) is 0 Å². The molecule has 6 heterocycles. The zero-order chi connectivity index (χ0) is 59.4. The SMILES string of the molecule is CO.CSC1O[C@H]([C@H](NC(=O)[C@H]2NC[C@@H]3CC(c4ccc(CO)cc4)=CCO[C@H]32)[C@H](C)Cl)C(O)[C@@H](O)[C@H]1O.CSC1O[C@H]([C@H](NC(=O)[C@H]2NC[C@@H]3CC(c4ccc(CO)cc4)CCO[C@H]32)[C@H](C)Cl)C(O)[C@@H](O)[C@H]1O.CSF.CSF. The fraction of sp³-hybridized carbons (Fsp3) is 0.698. The number of hydrogen-bond acceptors (Lipinski definition) is 21. The van der Waals surface area contributed by atoms with Gasteiger partial charge >= 0.3 is 0 Å². The van der Waals surface area contributed by atoms with E-state index in [1.807, 2.05) is 42.5 Å². The molecule has 456 valence electrons. The summed E-state index contributed by atoms with van der Waals surface area (Å²) in [5.41, 5.74) is 3.60. The van der Waals surface area contributed by atoms with Crippen LogP contribution in [-0.4, -0.2) is 223 Å². The number of carbonyl (C=O) groups is 2. The third-order valence-corrected chi connectivity index (χ3v) is 17.2. The molecule has 8 rings (SSSR count). The highest BCUT2D eigenvalue weighted by Crippen LogP contribution is 2.38. The van der Waals surface area contributed by atoms with Gasteiger partial charge in [0.25, 0.3) is 0 Å². The van der Waals surface area contributed by atoms with Crippen LogP contribution in [-0.2, 0) is 41.8 Å². The minimum atomic E-state index is -1.42. The first-order valence-corrected chi connectivity index (χ1v) is 31.9. The van der Waals surface area contributed by atoms with Crippen LogP contribution in [0.15, 0.2) is 54.6 Å². The first-order valence-electron chi connectivity index (χ1n) is 26.2. The second-order valence-corrected chi connectivity index (χ2v) is 23.8. The second kappa shape index (κ2) is 35.7. The lowest BCUT2D eigenvalue weighted by molar-refractivity contribution is -0.205. The van der Waals surface area contributed by atoms with Crippen molar-refractivity contribution < 1.29 is 82.3 Å². The van der Waals surface area contributed by atoms with E-state index in [4.69, 9.17) is 47.3 Å². The molecule has 0 spiro atoms. The second-order valence-electron chi connectivity index (χ2n) is 19.9. The third-order valence-electron chi connectivity index (χ3n) is 14.9. The smallest absolute Gasteiger partial charge is 0.240 e. The molecule has 0 saturated carbocycles. The molecule has 5 unspecified atom stereocenters. The number of hydrogen-bond donors (Lipinski definition) is 13. The number of rotatable bonds is 14. The number of fused-ring (bicyclic) bond motifs is 2. The average Bonchev–Trinajstić information content (AvgIpc) is 3.91. The average molecular weight is 1250 g/mol. The van der Waals surface area contributed by atoms with Crippen LogP contribution < -0.4 is 21.3 Å². The molecule has 0 aromatic heterocycles. The number of thioether (sulfide) groups is 2. The first kappa shape index (κ1) is 70.8. The summed E-state index contributed by atoms with van der Waals surface area (Å²) in [6.45, 7) is 5.50. The fourth-order valence-electron chi connectivity index (χ4n) is 10.8. The highest BCUT2D eigenvalue weighted by atomic mass is 35.5. The molecular formula is C53H82Cl2F2N4O15S4. The Morgan fingerprint density at radius 3 is 1.51 bits per heavy atom. The number of halogens is 4. The van der Waals surface area contributed by atoms with Crippen molar-refractivity contribution in [2.24, 2.45) is 11.8 Å². The maximum atomic E-state index is 13.4. The third kappa shape index (κ3) is 18.7. The van der Waals surface area contributed by atoms with Gasteiger partial charge in [-0.1, -0.05) is 54.6 Å². The Labute approximate surface area is 495 Å². The van der Waals surface area contributed by atoms with E-state index < -0.39 is 94.6 Å². The van der Waals surface area contributed by atoms with Crippen molar-refractivity contribution >= 4 is 88.4 Å². The molecule has 2 aromatic carbocycles. The number of ether oxygens (including phenoxy) is 4. The van der Waals surface area contributed by atoms with Gasteiger partial charge < -0.3 is 86.2 Å². The Morgan fingerprint density at radius 2 is 1.09 bits per heavy atom. The molecule has 19 nitrogen and oxygen atoms in total. The number of allylic oxidation sites excluding steroid dienone is 1. The molecule has 0 bridgehead atoms. The maximum absolute atomic E-state index is 13.4. The highest BCUT2D eigenvalue weighted by molar-refractivity contribution is 7.99. The molecule has 0 aliphatic carbocycles. The standard InChI is InChI=1S/C25H37ClN2O7S.C25H35ClN2O7S.2CH3FS.CH4O/c2*1-12(26)17(23-20(31)19(30)21(32)25(35-23)36-2)28-24(33)18-22-16(10-27-18)9-15(7-8-34-22)14-5-3-13(11-29)4-6-14;2*1-3-2;1-2/h3-6,12,15-23,25,27,29-32H,7-11H2,1-2H3,(H,28,33);3-7,12,16-23,25,27,29-32H,8-11H2,1-2H3,(H,28,33);2*1H3;2H,1H3/t12-,15?,16-,17+,18-,19+,20?,21+,22+,23+,25?;12-,16-,17+,18-,19+,20?,21+,22+,23+,25?;;;/m00.../s1. The summed E-state index contributed by atoms with van der Waals surface area (Å²) in [6, 6.07) is 12.9. The summed E-state index contributed by atoms with van der Waals surface area (Å²) in [5, 5.41) is 99.0. The number of aliphatic hydroxyl groups is 9. The largest absolute Gasteiger partial charge is 0.400 e. The fourth-order valence-corrected chi connectivity index (χ4v) is 12.6. The Balaban J connectivity index is 0.000000305. The number of carbonyl (C=O) groups excluding carboxylic acids is 2. The Kier molecular flexibility index (Phi) is 31.6. The van der Waals surface area contributed by atoms with Crippen molar-refractivity contribution in [2.75, 3.05) is 58.4 Å². The normalized spacial score (nSPS) is 34.2. The van der Waals surface area contributed by atoms with Crippen molar-refractivity contribution in [3.05, 3.63) is 76.9 Å². The Hall–Kier alpha value is -1.64. The van der Waals surface area contributed by atoms with Crippen LogP contribution in [0.5, 0.6) is 0 Å². The van der Waals surface area contributed by atoms with E-state index in [0.717, 1.165) is 48.6 Å². The van der Waals surface area contributed by atoms with Crippen LogP contribution in [0.1, 0.15) is 61.3 Å². The zero-order valence-corrected chi connectivity index (χ0v) is 50.6. The van der Waals surface area contributed by atoms with Gasteiger partial charge in [-0.15, -0.1) is 46.7 Å². The van der Waals surface area contributed by atoms with E-state index in [-0.39, 0.29) is 73.4 Å². The van der Waals surface area contributed by atoms with Crippen LogP contribution in [0, 0.1) is 11.8 Å². The summed E-state index contributed by atoms with van der Waals surface area (Å²) >= 11 is 15.7. The van der Waals surface area contributed by atoms with Crippen LogP contribution in [0.2, 0.25) is 0 Å². The van der Waals surface area contributed by atoms with Gasteiger partial charge in [-0.25, -0.2) is 0 Å². The quantitative estimate of drug-likeness (QED) is 0.121. The van der Waals surface area contributed by atoms with Crippen LogP contribution in [0.25, 0.3) is 5.57 Å². The molecule has 5 saturated heterocycles. The van der Waals surface area contributed by atoms with Crippen molar-refractivity contribution in [3.63, 3.8) is 0 Å². The van der Waals surface area contributed by atoms with Crippen molar-refractivity contribution in [1.82, 2.24) is 21.3 Å². The van der Waals surface area contributed by atoms with E-state index in [2.05, 4.69) is 33.4 Å². The summed E-state index contributed by atoms with van der Waals surface area (Å²) in [7, 11) is 1.00. The number of aliphatic hydroxyl groups excluding tert-OH is 9. The monoisotopic (exact) mass is 1250 g/mol. The van der Waals surface area contributed by atoms with Gasteiger partial charge in [-0.3, -0.25) is 9.59 Å². The van der Waals surface area contributed by atoms with E-state index >= 15 is 0 Å². The van der Waals surface area contributed by atoms with Gasteiger partial charge in [0.1, 0.15) is 71.8 Å². The number of alkyl halides is 2. The first-order chi connectivity index (χ1) is 38.3. The molecular weight excluding hydrogens is 1170 g/mol. The van der Waals surface area contributed by atoms with E-state index in [9.17, 15) is 58.2 Å². The number of amides is 2. The number of nitrogens with one attached hydrogen (secondary N) is 4. The molecule has 0 radical (unpaired) electrons. The highest BCUT2D eigenvalue weighted by Gasteiger charge is 2.52. The molecule has 13 N–H and O–H groups in total. The lowest BCUT2D eigenvalue weighted by Gasteiger charge is -2.44. The van der Waals surface area contributed by atoms with E-state index in [0.29, 0.717) is 32.2 Å². The predicted octanol–water partition coefficient (Wildman–Crippen LogP) is 2.61. The van der Waals surface area contributed by atoms with Crippen molar-refractivity contribution in [1.29, 1.82) is 0 Å². The van der Waals surface area contributed by atoms with Gasteiger partial charge in [0, 0.05) is 75.4 Å². The molecule has 6 aliphatic heterocycles. The van der Waals surface area contributed by atoms with Crippen LogP contribution in [0.4, 0.5) is 7.77 Å². The van der Waals surface area contributed by atoms with Crippen LogP contribution >= 0.6 is 71.0 Å². The molecule has 5 fully saturated rings. The summed E-state index contributed by atoms with van der Waals surface area (Å²) < 4.78 is 44.4. The van der Waals surface area contributed by atoms with Gasteiger partial charge in [-0.05, 0) is 79.4 Å². The van der Waals surface area contributed by atoms with Gasteiger partial charge in [-0.2, -0.15) is 7.77 Å². The van der Waals surface area contributed by atoms with Crippen molar-refractivity contribution in [3.8, 4) is 0 Å². The van der Waals surface area contributed by atoms with E-state index in [1.165, 1.54) is 41.6 Å². The predicted molar refractivity (Wildman–Crippen MR) is 312 cm³/mol. The molecule has 27 heteroatoms. The topological polar surface area (TPSA) is 301 Å². The number of benzene rings is 2. The lowest BCUT2D eigenvalue weighted by atomic mass is 9.85. The van der Waals surface area contributed by atoms with Gasteiger partial charge in [0.05, 0.1) is 54.9 Å². The molecule has 2 amide bonds. The Morgan fingerprint density at radius 1 is 0.662 bits per heavy atom. The van der Waals surface area contributed by atoms with Gasteiger partial charge in [0.2, 0.25) is 11.8 Å². The molecule has 6 aliphatic rings. The minimum absolute atomic E-state index is 0.00380. The molecule has 80 heavy (non-hydrogen) atoms.